The number of rotatable bonds is 3. The zero-order valence-corrected chi connectivity index (χ0v) is 11.0. The van der Waals surface area contributed by atoms with E-state index in [-0.39, 0.29) is 23.9 Å². The first-order chi connectivity index (χ1) is 9.63. The fourth-order valence-electron chi connectivity index (χ4n) is 2.90. The monoisotopic (exact) mass is 277 g/mol. The van der Waals surface area contributed by atoms with Crippen molar-refractivity contribution in [3.8, 4) is 0 Å². The maximum absolute atomic E-state index is 13.6. The van der Waals surface area contributed by atoms with Gasteiger partial charge in [-0.1, -0.05) is 18.2 Å². The lowest BCUT2D eigenvalue weighted by atomic mass is 9.84. The van der Waals surface area contributed by atoms with E-state index >= 15 is 0 Å². The second-order valence-electron chi connectivity index (χ2n) is 5.36. The van der Waals surface area contributed by atoms with Crippen LogP contribution in [-0.2, 0) is 16.0 Å². The number of carbonyl (C=O) groups is 1. The summed E-state index contributed by atoms with van der Waals surface area (Å²) in [5, 5.41) is 9.06. The molecule has 3 rings (SSSR count). The number of benzene rings is 1. The summed E-state index contributed by atoms with van der Waals surface area (Å²) >= 11 is 0. The molecule has 0 bridgehead atoms. The SMILES string of the molecule is O=C(O)C1CCC2OC(Cc3ccccc3F)=NC2C1. The van der Waals surface area contributed by atoms with E-state index in [4.69, 9.17) is 9.84 Å². The van der Waals surface area contributed by atoms with Crippen molar-refractivity contribution in [1.82, 2.24) is 0 Å². The fraction of sp³-hybridized carbons (Fsp3) is 0.467. The molecule has 1 aromatic rings. The molecule has 5 heteroatoms. The summed E-state index contributed by atoms with van der Waals surface area (Å²) in [5.41, 5.74) is 0.555. The summed E-state index contributed by atoms with van der Waals surface area (Å²) in [6.07, 6.45) is 2.13. The van der Waals surface area contributed by atoms with Crippen LogP contribution >= 0.6 is 0 Å². The average Bonchev–Trinajstić information content (AvgIpc) is 2.82. The van der Waals surface area contributed by atoms with Crippen molar-refractivity contribution in [2.75, 3.05) is 0 Å². The van der Waals surface area contributed by atoms with E-state index in [0.29, 0.717) is 37.1 Å². The third-order valence-electron chi connectivity index (χ3n) is 4.00. The largest absolute Gasteiger partial charge is 0.481 e. The van der Waals surface area contributed by atoms with Gasteiger partial charge in [0.1, 0.15) is 11.9 Å². The Hall–Kier alpha value is -1.91. The van der Waals surface area contributed by atoms with Crippen molar-refractivity contribution in [2.45, 2.75) is 37.8 Å². The summed E-state index contributed by atoms with van der Waals surface area (Å²) in [7, 11) is 0. The molecule has 0 aromatic heterocycles. The molecule has 0 spiro atoms. The molecule has 3 atom stereocenters. The van der Waals surface area contributed by atoms with Crippen molar-refractivity contribution in [3.63, 3.8) is 0 Å². The van der Waals surface area contributed by atoms with Crippen LogP contribution in [0.1, 0.15) is 24.8 Å². The summed E-state index contributed by atoms with van der Waals surface area (Å²) in [6.45, 7) is 0. The highest BCUT2D eigenvalue weighted by Gasteiger charge is 2.39. The number of ether oxygens (including phenoxy) is 1. The van der Waals surface area contributed by atoms with Crippen LogP contribution < -0.4 is 0 Å². The molecular weight excluding hydrogens is 261 g/mol. The first-order valence-corrected chi connectivity index (χ1v) is 6.83. The number of fused-ring (bicyclic) bond motifs is 1. The van der Waals surface area contributed by atoms with Gasteiger partial charge in [-0.25, -0.2) is 9.38 Å². The van der Waals surface area contributed by atoms with Gasteiger partial charge in [0.05, 0.1) is 18.4 Å². The molecule has 1 aliphatic heterocycles. The number of nitrogens with zero attached hydrogens (tertiary/aromatic N) is 1. The van der Waals surface area contributed by atoms with E-state index in [1.807, 2.05) is 0 Å². The highest BCUT2D eigenvalue weighted by Crippen LogP contribution is 2.33. The zero-order valence-electron chi connectivity index (χ0n) is 11.0. The van der Waals surface area contributed by atoms with Gasteiger partial charge >= 0.3 is 5.97 Å². The van der Waals surface area contributed by atoms with Gasteiger partial charge in [-0.2, -0.15) is 0 Å². The minimum absolute atomic E-state index is 0.0348. The molecule has 1 N–H and O–H groups in total. The third kappa shape index (κ3) is 2.53. The molecule has 1 heterocycles. The van der Waals surface area contributed by atoms with Crippen molar-refractivity contribution in [1.29, 1.82) is 0 Å². The standard InChI is InChI=1S/C15H16FNO3/c16-11-4-2-1-3-9(11)8-14-17-12-7-10(15(18)19)5-6-13(12)20-14/h1-4,10,12-13H,5-8H2,(H,18,19). The Bertz CT molecular complexity index is 558. The van der Waals surface area contributed by atoms with E-state index < -0.39 is 5.97 Å². The van der Waals surface area contributed by atoms with Gasteiger partial charge < -0.3 is 9.84 Å². The van der Waals surface area contributed by atoms with Crippen LogP contribution in [-0.4, -0.2) is 29.1 Å². The summed E-state index contributed by atoms with van der Waals surface area (Å²) in [6, 6.07) is 6.46. The van der Waals surface area contributed by atoms with Gasteiger partial charge in [0.15, 0.2) is 5.90 Å². The summed E-state index contributed by atoms with van der Waals surface area (Å²) in [5.74, 6) is -0.842. The lowest BCUT2D eigenvalue weighted by molar-refractivity contribution is -0.143. The van der Waals surface area contributed by atoms with Gasteiger partial charge in [-0.15, -0.1) is 0 Å². The summed E-state index contributed by atoms with van der Waals surface area (Å²) < 4.78 is 19.3. The molecule has 0 radical (unpaired) electrons. The Kier molecular flexibility index (Phi) is 3.42. The molecule has 1 fully saturated rings. The van der Waals surface area contributed by atoms with E-state index in [1.54, 1.807) is 18.2 Å². The smallest absolute Gasteiger partial charge is 0.306 e. The van der Waals surface area contributed by atoms with Crippen molar-refractivity contribution < 1.29 is 19.0 Å². The molecule has 3 unspecified atom stereocenters. The fourth-order valence-corrected chi connectivity index (χ4v) is 2.90. The number of aliphatic imine (C=N–C) groups is 1. The molecule has 0 saturated heterocycles. The maximum Gasteiger partial charge on any atom is 0.306 e. The molecule has 4 nitrogen and oxygen atoms in total. The molecule has 1 aromatic carbocycles. The topological polar surface area (TPSA) is 58.9 Å². The van der Waals surface area contributed by atoms with Gasteiger partial charge in [0, 0.05) is 0 Å². The van der Waals surface area contributed by atoms with Gasteiger partial charge in [0.2, 0.25) is 0 Å². The maximum atomic E-state index is 13.6. The first-order valence-electron chi connectivity index (χ1n) is 6.83. The zero-order chi connectivity index (χ0) is 14.1. The van der Waals surface area contributed by atoms with Crippen LogP contribution in [0.3, 0.4) is 0 Å². The highest BCUT2D eigenvalue weighted by atomic mass is 19.1. The minimum atomic E-state index is -0.763. The Morgan fingerprint density at radius 3 is 2.95 bits per heavy atom. The Morgan fingerprint density at radius 2 is 2.20 bits per heavy atom. The number of halogens is 1. The molecule has 20 heavy (non-hydrogen) atoms. The third-order valence-corrected chi connectivity index (χ3v) is 4.00. The van der Waals surface area contributed by atoms with Crippen molar-refractivity contribution >= 4 is 11.9 Å². The van der Waals surface area contributed by atoms with Gasteiger partial charge in [0.25, 0.3) is 0 Å². The second-order valence-corrected chi connectivity index (χ2v) is 5.36. The average molecular weight is 277 g/mol. The van der Waals surface area contributed by atoms with Crippen LogP contribution in [0.5, 0.6) is 0 Å². The molecule has 0 amide bonds. The number of aliphatic carboxylic acids is 1. The number of hydrogen-bond acceptors (Lipinski definition) is 3. The number of carboxylic acids is 1. The normalized spacial score (nSPS) is 28.4. The molecule has 2 aliphatic rings. The van der Waals surface area contributed by atoms with Crippen LogP contribution in [0.4, 0.5) is 4.39 Å². The Balaban J connectivity index is 1.70. The van der Waals surface area contributed by atoms with Crippen LogP contribution in [0.25, 0.3) is 0 Å². The number of hydrogen-bond donors (Lipinski definition) is 1. The lowest BCUT2D eigenvalue weighted by Crippen LogP contribution is -2.33. The first kappa shape index (κ1) is 13.1. The predicted octanol–water partition coefficient (Wildman–Crippen LogP) is 2.42. The van der Waals surface area contributed by atoms with E-state index in [0.717, 1.165) is 0 Å². The molecule has 106 valence electrons. The number of carboxylic acid groups (broad SMARTS) is 1. The van der Waals surface area contributed by atoms with Crippen LogP contribution in [0.2, 0.25) is 0 Å². The van der Waals surface area contributed by atoms with E-state index in [2.05, 4.69) is 4.99 Å². The Morgan fingerprint density at radius 1 is 1.40 bits per heavy atom. The van der Waals surface area contributed by atoms with Crippen molar-refractivity contribution in [2.24, 2.45) is 10.9 Å². The van der Waals surface area contributed by atoms with Crippen LogP contribution in [0, 0.1) is 11.7 Å². The van der Waals surface area contributed by atoms with Gasteiger partial charge in [-0.05, 0) is 30.9 Å². The summed E-state index contributed by atoms with van der Waals surface area (Å²) in [4.78, 5) is 15.5. The molecule has 1 saturated carbocycles. The van der Waals surface area contributed by atoms with Gasteiger partial charge in [-0.3, -0.25) is 4.79 Å². The highest BCUT2D eigenvalue weighted by molar-refractivity contribution is 5.81. The second kappa shape index (κ2) is 5.23. The lowest BCUT2D eigenvalue weighted by Gasteiger charge is -2.26. The quantitative estimate of drug-likeness (QED) is 0.923. The molecular formula is C15H16FNO3. The van der Waals surface area contributed by atoms with E-state index in [9.17, 15) is 9.18 Å². The minimum Gasteiger partial charge on any atom is -0.481 e. The predicted molar refractivity (Wildman–Crippen MR) is 71.2 cm³/mol. The Labute approximate surface area is 116 Å². The van der Waals surface area contributed by atoms with Crippen LogP contribution in [0.15, 0.2) is 29.3 Å². The van der Waals surface area contributed by atoms with E-state index in [1.165, 1.54) is 6.07 Å². The molecule has 1 aliphatic carbocycles. The van der Waals surface area contributed by atoms with Crippen molar-refractivity contribution in [3.05, 3.63) is 35.6 Å².